The molecule has 4 rings (SSSR count). The van der Waals surface area contributed by atoms with Crippen LogP contribution in [0.1, 0.15) is 31.4 Å². The maximum Gasteiger partial charge on any atom is 0.368 e. The Balaban J connectivity index is 1.47. The van der Waals surface area contributed by atoms with Crippen LogP contribution in [-0.4, -0.2) is 25.4 Å². The topological polar surface area (TPSA) is 114 Å². The average Bonchev–Trinajstić information content (AvgIpc) is 3.42. The van der Waals surface area contributed by atoms with Crippen LogP contribution in [0.15, 0.2) is 42.6 Å². The lowest BCUT2D eigenvalue weighted by molar-refractivity contribution is -0.391. The van der Waals surface area contributed by atoms with Gasteiger partial charge in [-0.15, -0.1) is 0 Å². The van der Waals surface area contributed by atoms with E-state index in [-0.39, 0.29) is 23.7 Å². The molecular formula is C18H18N6O3. The summed E-state index contributed by atoms with van der Waals surface area (Å²) in [4.78, 5) is 26.3. The van der Waals surface area contributed by atoms with E-state index < -0.39 is 4.92 Å². The first-order chi connectivity index (χ1) is 13.0. The summed E-state index contributed by atoms with van der Waals surface area (Å²) in [5.74, 6) is 0.561. The van der Waals surface area contributed by atoms with Crippen molar-refractivity contribution in [2.45, 2.75) is 25.8 Å². The van der Waals surface area contributed by atoms with Crippen molar-refractivity contribution in [1.82, 2.24) is 14.6 Å². The molecular weight excluding hydrogens is 348 g/mol. The SMILES string of the molecule is CC(Nc1ccc2ncc([N+](=O)[O-])n2n1)c1ccc(NC(=O)C2CC2)cc1. The Morgan fingerprint density at radius 3 is 2.67 bits per heavy atom. The molecule has 2 aromatic heterocycles. The van der Waals surface area contributed by atoms with Gasteiger partial charge in [-0.3, -0.25) is 4.79 Å². The number of rotatable bonds is 6. The van der Waals surface area contributed by atoms with E-state index in [4.69, 9.17) is 0 Å². The van der Waals surface area contributed by atoms with E-state index in [2.05, 4.69) is 20.7 Å². The van der Waals surface area contributed by atoms with Crippen LogP contribution in [0.3, 0.4) is 0 Å². The van der Waals surface area contributed by atoms with Gasteiger partial charge in [-0.2, -0.15) is 0 Å². The number of imidazole rings is 1. The van der Waals surface area contributed by atoms with Gasteiger partial charge in [-0.25, -0.2) is 4.98 Å². The fourth-order valence-corrected chi connectivity index (χ4v) is 2.81. The summed E-state index contributed by atoms with van der Waals surface area (Å²) < 4.78 is 1.20. The second kappa shape index (κ2) is 6.67. The molecule has 1 aromatic carbocycles. The number of carbonyl (C=O) groups excluding carboxylic acids is 1. The predicted molar refractivity (Wildman–Crippen MR) is 99.5 cm³/mol. The van der Waals surface area contributed by atoms with Crippen molar-refractivity contribution in [2.75, 3.05) is 10.6 Å². The van der Waals surface area contributed by atoms with Crippen molar-refractivity contribution in [2.24, 2.45) is 5.92 Å². The fourth-order valence-electron chi connectivity index (χ4n) is 2.81. The Morgan fingerprint density at radius 2 is 2.00 bits per heavy atom. The van der Waals surface area contributed by atoms with E-state index in [9.17, 15) is 14.9 Å². The molecule has 9 heteroatoms. The number of nitro groups is 1. The summed E-state index contributed by atoms with van der Waals surface area (Å²) in [5.41, 5.74) is 2.19. The monoisotopic (exact) mass is 366 g/mol. The van der Waals surface area contributed by atoms with Crippen molar-refractivity contribution in [3.8, 4) is 0 Å². The van der Waals surface area contributed by atoms with Crippen LogP contribution < -0.4 is 10.6 Å². The molecule has 0 saturated heterocycles. The average molecular weight is 366 g/mol. The van der Waals surface area contributed by atoms with Gasteiger partial charge in [-0.05, 0) is 48.5 Å². The Kier molecular flexibility index (Phi) is 4.19. The number of carbonyl (C=O) groups is 1. The Labute approximate surface area is 154 Å². The standard InChI is InChI=1S/C18H18N6O3/c1-11(12-4-6-14(7-5-12)21-18(25)13-2-3-13)20-15-8-9-16-19-10-17(24(26)27)23(16)22-15/h4-11,13H,2-3H2,1H3,(H,20,22)(H,21,25). The minimum absolute atomic E-state index is 0.0772. The fraction of sp³-hybridized carbons (Fsp3) is 0.278. The molecule has 0 aliphatic heterocycles. The van der Waals surface area contributed by atoms with Gasteiger partial charge in [0.05, 0.1) is 6.04 Å². The summed E-state index contributed by atoms with van der Waals surface area (Å²) in [7, 11) is 0. The van der Waals surface area contributed by atoms with E-state index in [0.717, 1.165) is 24.1 Å². The maximum absolute atomic E-state index is 11.8. The van der Waals surface area contributed by atoms with Gasteiger partial charge in [-0.1, -0.05) is 21.7 Å². The summed E-state index contributed by atoms with van der Waals surface area (Å²) in [6.07, 6.45) is 3.12. The van der Waals surface area contributed by atoms with E-state index >= 15 is 0 Å². The molecule has 1 unspecified atom stereocenters. The normalized spacial score (nSPS) is 14.7. The van der Waals surface area contributed by atoms with Crippen LogP contribution in [0.2, 0.25) is 0 Å². The second-order valence-corrected chi connectivity index (χ2v) is 6.61. The zero-order valence-corrected chi connectivity index (χ0v) is 14.6. The highest BCUT2D eigenvalue weighted by Gasteiger charge is 2.29. The highest BCUT2D eigenvalue weighted by molar-refractivity contribution is 5.94. The Hall–Kier alpha value is -3.49. The number of amides is 1. The van der Waals surface area contributed by atoms with Crippen molar-refractivity contribution >= 4 is 28.9 Å². The number of benzene rings is 1. The van der Waals surface area contributed by atoms with Gasteiger partial charge in [0.15, 0.2) is 5.82 Å². The highest BCUT2D eigenvalue weighted by atomic mass is 16.6. The van der Waals surface area contributed by atoms with Gasteiger partial charge in [0.25, 0.3) is 0 Å². The van der Waals surface area contributed by atoms with Crippen LogP contribution in [-0.2, 0) is 4.79 Å². The minimum Gasteiger partial charge on any atom is -0.360 e. The van der Waals surface area contributed by atoms with Gasteiger partial charge >= 0.3 is 5.82 Å². The lowest BCUT2D eigenvalue weighted by Crippen LogP contribution is -2.13. The zero-order valence-electron chi connectivity index (χ0n) is 14.6. The lowest BCUT2D eigenvalue weighted by Gasteiger charge is -2.15. The predicted octanol–water partition coefficient (Wildman–Crippen LogP) is 3.16. The smallest absolute Gasteiger partial charge is 0.360 e. The molecule has 3 aromatic rings. The van der Waals surface area contributed by atoms with E-state index in [1.165, 1.54) is 10.7 Å². The van der Waals surface area contributed by atoms with Crippen LogP contribution in [0, 0.1) is 16.0 Å². The highest BCUT2D eigenvalue weighted by Crippen LogP contribution is 2.30. The quantitative estimate of drug-likeness (QED) is 0.511. The molecule has 0 spiro atoms. The van der Waals surface area contributed by atoms with E-state index in [1.54, 1.807) is 12.1 Å². The molecule has 138 valence electrons. The second-order valence-electron chi connectivity index (χ2n) is 6.61. The number of nitrogens with zero attached hydrogens (tertiary/aromatic N) is 4. The third-order valence-electron chi connectivity index (χ3n) is 4.52. The van der Waals surface area contributed by atoms with Gasteiger partial charge in [0.1, 0.15) is 6.20 Å². The van der Waals surface area contributed by atoms with Crippen molar-refractivity contribution < 1.29 is 9.72 Å². The third-order valence-corrected chi connectivity index (χ3v) is 4.52. The molecule has 1 atom stereocenters. The molecule has 1 amide bonds. The largest absolute Gasteiger partial charge is 0.368 e. The van der Waals surface area contributed by atoms with Crippen molar-refractivity contribution in [3.05, 3.63) is 58.3 Å². The number of hydrogen-bond donors (Lipinski definition) is 2. The molecule has 27 heavy (non-hydrogen) atoms. The summed E-state index contributed by atoms with van der Waals surface area (Å²) >= 11 is 0. The van der Waals surface area contributed by atoms with Crippen LogP contribution in [0.5, 0.6) is 0 Å². The van der Waals surface area contributed by atoms with Gasteiger partial charge in [0, 0.05) is 17.7 Å². The number of anilines is 2. The number of fused-ring (bicyclic) bond motifs is 1. The Bertz CT molecular complexity index is 1010. The zero-order chi connectivity index (χ0) is 19.0. The maximum atomic E-state index is 11.8. The van der Waals surface area contributed by atoms with Crippen LogP contribution >= 0.6 is 0 Å². The molecule has 0 bridgehead atoms. The van der Waals surface area contributed by atoms with Gasteiger partial charge < -0.3 is 20.7 Å². The molecule has 0 radical (unpaired) electrons. The first-order valence-corrected chi connectivity index (χ1v) is 8.68. The molecule has 2 N–H and O–H groups in total. The molecule has 1 aliphatic carbocycles. The number of hydrogen-bond acceptors (Lipinski definition) is 6. The number of nitrogens with one attached hydrogen (secondary N) is 2. The molecule has 2 heterocycles. The van der Waals surface area contributed by atoms with Crippen LogP contribution in [0.4, 0.5) is 17.3 Å². The summed E-state index contributed by atoms with van der Waals surface area (Å²) in [6, 6.07) is 10.9. The number of aromatic nitrogens is 3. The third kappa shape index (κ3) is 3.57. The molecule has 1 saturated carbocycles. The Morgan fingerprint density at radius 1 is 1.26 bits per heavy atom. The molecule has 1 aliphatic rings. The molecule has 9 nitrogen and oxygen atoms in total. The van der Waals surface area contributed by atoms with E-state index in [1.807, 2.05) is 31.2 Å². The van der Waals surface area contributed by atoms with Crippen LogP contribution in [0.25, 0.3) is 5.65 Å². The lowest BCUT2D eigenvalue weighted by atomic mass is 10.1. The summed E-state index contributed by atoms with van der Waals surface area (Å²) in [5, 5.41) is 21.4. The van der Waals surface area contributed by atoms with Gasteiger partial charge in [0.2, 0.25) is 11.6 Å². The first kappa shape index (κ1) is 17.0. The van der Waals surface area contributed by atoms with Crippen molar-refractivity contribution in [3.63, 3.8) is 0 Å². The van der Waals surface area contributed by atoms with E-state index in [0.29, 0.717) is 11.5 Å². The summed E-state index contributed by atoms with van der Waals surface area (Å²) in [6.45, 7) is 1.96. The van der Waals surface area contributed by atoms with Crippen molar-refractivity contribution in [1.29, 1.82) is 0 Å². The molecule has 1 fully saturated rings. The first-order valence-electron chi connectivity index (χ1n) is 8.68. The minimum atomic E-state index is -0.519.